The molecule has 0 amide bonds. The highest BCUT2D eigenvalue weighted by molar-refractivity contribution is 6.32. The highest BCUT2D eigenvalue weighted by atomic mass is 16.4. The van der Waals surface area contributed by atoms with E-state index in [-0.39, 0.29) is 6.42 Å². The van der Waals surface area contributed by atoms with Crippen molar-refractivity contribution in [1.82, 2.24) is 0 Å². The fourth-order valence-corrected chi connectivity index (χ4v) is 1.88. The van der Waals surface area contributed by atoms with Crippen LogP contribution in [0, 0.1) is 0 Å². The van der Waals surface area contributed by atoms with E-state index < -0.39 is 11.8 Å². The predicted octanol–water partition coefficient (Wildman–Crippen LogP) is 3.95. The van der Waals surface area contributed by atoms with Gasteiger partial charge >= 0.3 is 5.97 Å². The monoisotopic (exact) mass is 242 g/mol. The minimum Gasteiger partial charge on any atom is -0.476 e. The lowest BCUT2D eigenvalue weighted by atomic mass is 10.1. The van der Waals surface area contributed by atoms with Gasteiger partial charge in [-0.3, -0.25) is 4.79 Å². The summed E-state index contributed by atoms with van der Waals surface area (Å²) in [7, 11) is 0. The van der Waals surface area contributed by atoms with E-state index in [4.69, 9.17) is 5.11 Å². The van der Waals surface area contributed by atoms with E-state index in [1.165, 1.54) is 44.9 Å². The van der Waals surface area contributed by atoms with E-state index in [2.05, 4.69) is 6.92 Å². The van der Waals surface area contributed by atoms with Crippen molar-refractivity contribution in [2.45, 2.75) is 77.6 Å². The van der Waals surface area contributed by atoms with Crippen LogP contribution in [0.3, 0.4) is 0 Å². The highest BCUT2D eigenvalue weighted by Crippen LogP contribution is 2.11. The van der Waals surface area contributed by atoms with Crippen LogP contribution in [0.25, 0.3) is 0 Å². The van der Waals surface area contributed by atoms with Gasteiger partial charge in [0, 0.05) is 6.42 Å². The maximum atomic E-state index is 10.8. The van der Waals surface area contributed by atoms with Crippen molar-refractivity contribution in [1.29, 1.82) is 0 Å². The molecule has 0 aromatic carbocycles. The van der Waals surface area contributed by atoms with Crippen LogP contribution in [0.15, 0.2) is 0 Å². The van der Waals surface area contributed by atoms with E-state index in [1.807, 2.05) is 0 Å². The standard InChI is InChI=1S/C14H26O3/c1-2-3-4-5-6-7-8-9-10-11-12-13(15)14(16)17/h2-12H2,1H3,(H,16,17). The molecular formula is C14H26O3. The molecule has 1 N–H and O–H groups in total. The van der Waals surface area contributed by atoms with Crippen molar-refractivity contribution in [3.8, 4) is 0 Å². The molecule has 0 spiro atoms. The second kappa shape index (κ2) is 11.6. The molecule has 0 aromatic heterocycles. The molecule has 0 heterocycles. The summed E-state index contributed by atoms with van der Waals surface area (Å²) in [5.41, 5.74) is 0. The molecule has 17 heavy (non-hydrogen) atoms. The number of carboxylic acid groups (broad SMARTS) is 1. The zero-order chi connectivity index (χ0) is 12.9. The summed E-state index contributed by atoms with van der Waals surface area (Å²) in [6.45, 7) is 2.22. The van der Waals surface area contributed by atoms with Crippen molar-refractivity contribution in [2.75, 3.05) is 0 Å². The first-order valence-electron chi connectivity index (χ1n) is 6.94. The normalized spacial score (nSPS) is 10.4. The minimum absolute atomic E-state index is 0.200. The Morgan fingerprint density at radius 3 is 1.59 bits per heavy atom. The Bertz CT molecular complexity index is 212. The van der Waals surface area contributed by atoms with Crippen LogP contribution in [-0.4, -0.2) is 16.9 Å². The Hall–Kier alpha value is -0.860. The van der Waals surface area contributed by atoms with E-state index in [0.717, 1.165) is 19.3 Å². The number of Topliss-reactive ketones (excluding diaryl/α,β-unsaturated/α-hetero) is 1. The van der Waals surface area contributed by atoms with E-state index in [1.54, 1.807) is 0 Å². The molecule has 0 unspecified atom stereocenters. The smallest absolute Gasteiger partial charge is 0.372 e. The molecule has 0 bridgehead atoms. The number of carbonyl (C=O) groups is 2. The van der Waals surface area contributed by atoms with Crippen LogP contribution in [0.1, 0.15) is 77.6 Å². The first-order valence-corrected chi connectivity index (χ1v) is 6.94. The lowest BCUT2D eigenvalue weighted by molar-refractivity contribution is -0.149. The number of carboxylic acids is 1. The molecule has 0 radical (unpaired) electrons. The number of ketones is 1. The van der Waals surface area contributed by atoms with Crippen LogP contribution >= 0.6 is 0 Å². The lowest BCUT2D eigenvalue weighted by Gasteiger charge is -2.01. The maximum absolute atomic E-state index is 10.8. The van der Waals surface area contributed by atoms with E-state index in [9.17, 15) is 9.59 Å². The van der Waals surface area contributed by atoms with E-state index in [0.29, 0.717) is 0 Å². The largest absolute Gasteiger partial charge is 0.476 e. The molecule has 0 fully saturated rings. The third-order valence-corrected chi connectivity index (χ3v) is 3.00. The fraction of sp³-hybridized carbons (Fsp3) is 0.857. The Morgan fingerprint density at radius 2 is 1.18 bits per heavy atom. The summed E-state index contributed by atoms with van der Waals surface area (Å²) in [6.07, 6.45) is 12.2. The first-order chi connectivity index (χ1) is 8.18. The topological polar surface area (TPSA) is 54.4 Å². The van der Waals surface area contributed by atoms with Gasteiger partial charge in [-0.1, -0.05) is 64.7 Å². The average molecular weight is 242 g/mol. The van der Waals surface area contributed by atoms with Crippen molar-refractivity contribution in [3.05, 3.63) is 0 Å². The van der Waals surface area contributed by atoms with Crippen LogP contribution in [0.4, 0.5) is 0 Å². The summed E-state index contributed by atoms with van der Waals surface area (Å²) in [5.74, 6) is -1.94. The number of hydrogen-bond acceptors (Lipinski definition) is 2. The van der Waals surface area contributed by atoms with Gasteiger partial charge in [0.05, 0.1) is 0 Å². The van der Waals surface area contributed by atoms with Gasteiger partial charge < -0.3 is 5.11 Å². The van der Waals surface area contributed by atoms with Crippen molar-refractivity contribution < 1.29 is 14.7 Å². The second-order valence-electron chi connectivity index (χ2n) is 4.66. The quantitative estimate of drug-likeness (QED) is 0.416. The molecule has 100 valence electrons. The molecule has 0 aliphatic carbocycles. The summed E-state index contributed by atoms with van der Waals surface area (Å²) in [5, 5.41) is 8.38. The van der Waals surface area contributed by atoms with Crippen LogP contribution < -0.4 is 0 Å². The van der Waals surface area contributed by atoms with Gasteiger partial charge in [-0.2, -0.15) is 0 Å². The second-order valence-corrected chi connectivity index (χ2v) is 4.66. The third-order valence-electron chi connectivity index (χ3n) is 3.00. The molecule has 0 saturated heterocycles. The molecule has 0 rings (SSSR count). The molecule has 3 nitrogen and oxygen atoms in total. The van der Waals surface area contributed by atoms with Crippen LogP contribution in [0.2, 0.25) is 0 Å². The first kappa shape index (κ1) is 16.1. The molecular weight excluding hydrogens is 216 g/mol. The zero-order valence-electron chi connectivity index (χ0n) is 11.0. The molecule has 0 atom stereocenters. The number of rotatable bonds is 12. The summed E-state index contributed by atoms with van der Waals surface area (Å²) < 4.78 is 0. The number of unbranched alkanes of at least 4 members (excludes halogenated alkanes) is 9. The van der Waals surface area contributed by atoms with Crippen LogP contribution in [0.5, 0.6) is 0 Å². The SMILES string of the molecule is CCCCCCCCCCCCC(=O)C(=O)O. The Morgan fingerprint density at radius 1 is 0.765 bits per heavy atom. The summed E-state index contributed by atoms with van der Waals surface area (Å²) in [4.78, 5) is 21.0. The third kappa shape index (κ3) is 11.4. The minimum atomic E-state index is -1.29. The van der Waals surface area contributed by atoms with Crippen molar-refractivity contribution in [2.24, 2.45) is 0 Å². The molecule has 0 aliphatic heterocycles. The lowest BCUT2D eigenvalue weighted by Crippen LogP contribution is -2.11. The van der Waals surface area contributed by atoms with Crippen molar-refractivity contribution >= 4 is 11.8 Å². The molecule has 0 aromatic rings. The van der Waals surface area contributed by atoms with Gasteiger partial charge in [0.15, 0.2) is 0 Å². The van der Waals surface area contributed by atoms with Gasteiger partial charge in [0.1, 0.15) is 0 Å². The van der Waals surface area contributed by atoms with Gasteiger partial charge in [0.25, 0.3) is 0 Å². The summed E-state index contributed by atoms with van der Waals surface area (Å²) in [6, 6.07) is 0. The number of aliphatic carboxylic acids is 1. The van der Waals surface area contributed by atoms with Gasteiger partial charge in [0.2, 0.25) is 5.78 Å². The Kier molecular flexibility index (Phi) is 11.0. The molecule has 0 saturated carbocycles. The molecule has 0 aliphatic rings. The Labute approximate surface area is 105 Å². The maximum Gasteiger partial charge on any atom is 0.372 e. The summed E-state index contributed by atoms with van der Waals surface area (Å²) >= 11 is 0. The highest BCUT2D eigenvalue weighted by Gasteiger charge is 2.09. The van der Waals surface area contributed by atoms with Crippen LogP contribution in [-0.2, 0) is 9.59 Å². The van der Waals surface area contributed by atoms with E-state index >= 15 is 0 Å². The van der Waals surface area contributed by atoms with Gasteiger partial charge in [-0.05, 0) is 6.42 Å². The Balaban J connectivity index is 3.08. The van der Waals surface area contributed by atoms with Crippen molar-refractivity contribution in [3.63, 3.8) is 0 Å². The predicted molar refractivity (Wildman–Crippen MR) is 69.1 cm³/mol. The number of carbonyl (C=O) groups excluding carboxylic acids is 1. The fourth-order valence-electron chi connectivity index (χ4n) is 1.88. The zero-order valence-corrected chi connectivity index (χ0v) is 11.0. The van der Waals surface area contributed by atoms with Gasteiger partial charge in [-0.15, -0.1) is 0 Å². The molecule has 3 heteroatoms. The van der Waals surface area contributed by atoms with Gasteiger partial charge in [-0.25, -0.2) is 4.79 Å². The number of hydrogen-bond donors (Lipinski definition) is 1. The average Bonchev–Trinajstić information content (AvgIpc) is 2.31.